The molecule has 3 rings (SSSR count). The van der Waals surface area contributed by atoms with Gasteiger partial charge in [-0.05, 0) is 56.3 Å². The van der Waals surface area contributed by atoms with Gasteiger partial charge in [0.1, 0.15) is 0 Å². The molecule has 2 fully saturated rings. The molecule has 1 N–H and O–H groups in total. The monoisotopic (exact) mass is 230 g/mol. The van der Waals surface area contributed by atoms with Gasteiger partial charge in [-0.25, -0.2) is 0 Å². The molecule has 1 unspecified atom stereocenters. The molecular formula is C15H22N2. The molecule has 0 bridgehead atoms. The first-order chi connectivity index (χ1) is 8.43. The van der Waals surface area contributed by atoms with Crippen molar-refractivity contribution in [3.05, 3.63) is 29.8 Å². The normalized spacial score (nSPS) is 25.2. The van der Waals surface area contributed by atoms with Crippen LogP contribution < -0.4 is 10.2 Å². The second kappa shape index (κ2) is 5.09. The summed E-state index contributed by atoms with van der Waals surface area (Å²) in [5, 5.41) is 3.56. The maximum atomic E-state index is 3.56. The minimum absolute atomic E-state index is 0.602. The van der Waals surface area contributed by atoms with Gasteiger partial charge in [0.15, 0.2) is 0 Å². The zero-order valence-corrected chi connectivity index (χ0v) is 10.5. The highest BCUT2D eigenvalue weighted by Crippen LogP contribution is 2.26. The van der Waals surface area contributed by atoms with Gasteiger partial charge >= 0.3 is 0 Å². The summed E-state index contributed by atoms with van der Waals surface area (Å²) in [5.41, 5.74) is 2.87. The van der Waals surface area contributed by atoms with Crippen molar-refractivity contribution in [3.63, 3.8) is 0 Å². The largest absolute Gasteiger partial charge is 0.372 e. The van der Waals surface area contributed by atoms with Crippen molar-refractivity contribution >= 4 is 5.69 Å². The third-order valence-corrected chi connectivity index (χ3v) is 4.08. The minimum Gasteiger partial charge on any atom is -0.372 e. The van der Waals surface area contributed by atoms with Crippen LogP contribution in [0, 0.1) is 0 Å². The van der Waals surface area contributed by atoms with Gasteiger partial charge < -0.3 is 10.2 Å². The van der Waals surface area contributed by atoms with Crippen molar-refractivity contribution in [1.82, 2.24) is 5.32 Å². The number of rotatable bonds is 2. The third-order valence-electron chi connectivity index (χ3n) is 4.08. The molecule has 0 spiro atoms. The molecule has 0 amide bonds. The second-order valence-corrected chi connectivity index (χ2v) is 5.29. The van der Waals surface area contributed by atoms with E-state index >= 15 is 0 Å². The highest BCUT2D eigenvalue weighted by atomic mass is 15.1. The first-order valence-electron chi connectivity index (χ1n) is 7.02. The lowest BCUT2D eigenvalue weighted by atomic mass is 10.0. The summed E-state index contributed by atoms with van der Waals surface area (Å²) in [6.45, 7) is 3.65. The van der Waals surface area contributed by atoms with E-state index in [1.807, 2.05) is 0 Å². The summed E-state index contributed by atoms with van der Waals surface area (Å²) >= 11 is 0. The van der Waals surface area contributed by atoms with Gasteiger partial charge in [-0.2, -0.15) is 0 Å². The Labute approximate surface area is 104 Å². The first kappa shape index (κ1) is 11.1. The number of nitrogens with zero attached hydrogens (tertiary/aromatic N) is 1. The highest BCUT2D eigenvalue weighted by molar-refractivity contribution is 5.48. The average molecular weight is 230 g/mol. The number of benzene rings is 1. The molecule has 1 aromatic carbocycles. The molecule has 2 heterocycles. The Kier molecular flexibility index (Phi) is 3.32. The number of piperidine rings is 1. The van der Waals surface area contributed by atoms with Gasteiger partial charge in [0.25, 0.3) is 0 Å². The lowest BCUT2D eigenvalue weighted by Gasteiger charge is -2.29. The van der Waals surface area contributed by atoms with Crippen LogP contribution in [-0.4, -0.2) is 19.6 Å². The van der Waals surface area contributed by atoms with E-state index in [1.165, 1.54) is 63.0 Å². The van der Waals surface area contributed by atoms with Crippen LogP contribution in [0.3, 0.4) is 0 Å². The van der Waals surface area contributed by atoms with Gasteiger partial charge in [0.05, 0.1) is 0 Å². The number of hydrogen-bond acceptors (Lipinski definition) is 2. The third kappa shape index (κ3) is 2.47. The van der Waals surface area contributed by atoms with Gasteiger partial charge in [-0.3, -0.25) is 0 Å². The fourth-order valence-electron chi connectivity index (χ4n) is 3.04. The molecule has 0 radical (unpaired) electrons. The molecule has 2 heteroatoms. The van der Waals surface area contributed by atoms with Crippen LogP contribution in [0.25, 0.3) is 0 Å². The first-order valence-corrected chi connectivity index (χ1v) is 7.02. The van der Waals surface area contributed by atoms with E-state index < -0.39 is 0 Å². The van der Waals surface area contributed by atoms with Crippen LogP contribution in [0.4, 0.5) is 5.69 Å². The van der Waals surface area contributed by atoms with Crippen LogP contribution in [0.2, 0.25) is 0 Å². The summed E-state index contributed by atoms with van der Waals surface area (Å²) in [4.78, 5) is 2.52. The van der Waals surface area contributed by atoms with E-state index in [4.69, 9.17) is 0 Å². The molecule has 0 saturated carbocycles. The molecule has 1 aromatic rings. The lowest BCUT2D eigenvalue weighted by Crippen LogP contribution is -2.29. The van der Waals surface area contributed by atoms with E-state index in [2.05, 4.69) is 34.5 Å². The molecule has 92 valence electrons. The summed E-state index contributed by atoms with van der Waals surface area (Å²) in [6, 6.07) is 9.84. The maximum Gasteiger partial charge on any atom is 0.0366 e. The standard InChI is InChI=1S/C15H22N2/c1-2-11-17(12-3-1)14-8-6-13(7-9-14)15-5-4-10-16-15/h6-9,15-16H,1-5,10-12H2. The number of hydrogen-bond donors (Lipinski definition) is 1. The molecule has 0 aliphatic carbocycles. The van der Waals surface area contributed by atoms with Crippen molar-refractivity contribution in [1.29, 1.82) is 0 Å². The summed E-state index contributed by atoms with van der Waals surface area (Å²) in [6.07, 6.45) is 6.72. The predicted molar refractivity (Wildman–Crippen MR) is 72.5 cm³/mol. The van der Waals surface area contributed by atoms with Gasteiger partial charge in [-0.15, -0.1) is 0 Å². The zero-order chi connectivity index (χ0) is 11.5. The van der Waals surface area contributed by atoms with E-state index in [1.54, 1.807) is 0 Å². The quantitative estimate of drug-likeness (QED) is 0.840. The van der Waals surface area contributed by atoms with Crippen LogP contribution in [0.1, 0.15) is 43.7 Å². The molecular weight excluding hydrogens is 208 g/mol. The van der Waals surface area contributed by atoms with E-state index in [9.17, 15) is 0 Å². The molecule has 2 saturated heterocycles. The Hall–Kier alpha value is -1.02. The Morgan fingerprint density at radius 2 is 1.71 bits per heavy atom. The SMILES string of the molecule is c1cc(N2CCCCC2)ccc1C1CCCN1. The molecule has 2 nitrogen and oxygen atoms in total. The van der Waals surface area contributed by atoms with Gasteiger partial charge in [0.2, 0.25) is 0 Å². The summed E-state index contributed by atoms with van der Waals surface area (Å²) < 4.78 is 0. The molecule has 17 heavy (non-hydrogen) atoms. The Morgan fingerprint density at radius 1 is 0.941 bits per heavy atom. The fraction of sp³-hybridized carbons (Fsp3) is 0.600. The fourth-order valence-corrected chi connectivity index (χ4v) is 3.04. The van der Waals surface area contributed by atoms with Crippen LogP contribution >= 0.6 is 0 Å². The maximum absolute atomic E-state index is 3.56. The lowest BCUT2D eigenvalue weighted by molar-refractivity contribution is 0.577. The average Bonchev–Trinajstić information content (AvgIpc) is 2.94. The number of nitrogens with one attached hydrogen (secondary N) is 1. The number of anilines is 1. The molecule has 2 aliphatic heterocycles. The van der Waals surface area contributed by atoms with Crippen molar-refractivity contribution < 1.29 is 0 Å². The second-order valence-electron chi connectivity index (χ2n) is 5.29. The minimum atomic E-state index is 0.602. The van der Waals surface area contributed by atoms with E-state index in [0.29, 0.717) is 6.04 Å². The smallest absolute Gasteiger partial charge is 0.0366 e. The van der Waals surface area contributed by atoms with Crippen LogP contribution in [0.5, 0.6) is 0 Å². The van der Waals surface area contributed by atoms with Gasteiger partial charge in [-0.1, -0.05) is 12.1 Å². The Morgan fingerprint density at radius 3 is 2.35 bits per heavy atom. The molecule has 0 aromatic heterocycles. The topological polar surface area (TPSA) is 15.3 Å². The summed E-state index contributed by atoms with van der Waals surface area (Å²) in [5.74, 6) is 0. The Bertz CT molecular complexity index is 346. The van der Waals surface area contributed by atoms with Crippen molar-refractivity contribution in [2.24, 2.45) is 0 Å². The van der Waals surface area contributed by atoms with Crippen molar-refractivity contribution in [2.75, 3.05) is 24.5 Å². The summed E-state index contributed by atoms with van der Waals surface area (Å²) in [7, 11) is 0. The van der Waals surface area contributed by atoms with Crippen molar-refractivity contribution in [2.45, 2.75) is 38.1 Å². The van der Waals surface area contributed by atoms with Crippen LogP contribution in [-0.2, 0) is 0 Å². The predicted octanol–water partition coefficient (Wildman–Crippen LogP) is 3.10. The molecule has 2 aliphatic rings. The molecule has 1 atom stereocenters. The Balaban J connectivity index is 1.70. The van der Waals surface area contributed by atoms with E-state index in [0.717, 1.165) is 0 Å². The highest BCUT2D eigenvalue weighted by Gasteiger charge is 2.16. The van der Waals surface area contributed by atoms with Gasteiger partial charge in [0, 0.05) is 24.8 Å². The van der Waals surface area contributed by atoms with Crippen LogP contribution in [0.15, 0.2) is 24.3 Å². The zero-order valence-electron chi connectivity index (χ0n) is 10.5. The van der Waals surface area contributed by atoms with E-state index in [-0.39, 0.29) is 0 Å². The van der Waals surface area contributed by atoms with Crippen molar-refractivity contribution in [3.8, 4) is 0 Å².